The lowest BCUT2D eigenvalue weighted by Crippen LogP contribution is -2.41. The van der Waals surface area contributed by atoms with E-state index in [1.54, 1.807) is 0 Å². The van der Waals surface area contributed by atoms with Gasteiger partial charge in [-0.15, -0.1) is 0 Å². The van der Waals surface area contributed by atoms with Crippen LogP contribution >= 0.6 is 15.9 Å². The van der Waals surface area contributed by atoms with Crippen LogP contribution in [-0.4, -0.2) is 40.9 Å². The van der Waals surface area contributed by atoms with Gasteiger partial charge in [0.1, 0.15) is 0 Å². The van der Waals surface area contributed by atoms with E-state index in [0.717, 1.165) is 36.0 Å². The zero-order chi connectivity index (χ0) is 14.4. The Hall–Kier alpha value is -0.420. The first kappa shape index (κ1) is 16.0. The second kappa shape index (κ2) is 8.13. The highest BCUT2D eigenvalue weighted by molar-refractivity contribution is 9.10. The topological polar surface area (TPSA) is 43.7 Å². The van der Waals surface area contributed by atoms with Crippen LogP contribution in [0, 0.1) is 0 Å². The highest BCUT2D eigenvalue weighted by atomic mass is 79.9. The molecule has 0 spiro atoms. The third-order valence-electron chi connectivity index (χ3n) is 4.14. The fourth-order valence-corrected chi connectivity index (χ4v) is 2.91. The zero-order valence-corrected chi connectivity index (χ0v) is 13.4. The summed E-state index contributed by atoms with van der Waals surface area (Å²) in [6.07, 6.45) is 5.02. The summed E-state index contributed by atoms with van der Waals surface area (Å²) in [5.41, 5.74) is 0.976. The molecule has 1 aromatic carbocycles. The lowest BCUT2D eigenvalue weighted by atomic mass is 9.91. The molecule has 0 aliphatic heterocycles. The number of aliphatic hydroxyl groups excluding tert-OH is 2. The van der Waals surface area contributed by atoms with Crippen LogP contribution in [0.15, 0.2) is 28.7 Å². The molecule has 1 atom stereocenters. The highest BCUT2D eigenvalue weighted by Crippen LogP contribution is 2.26. The van der Waals surface area contributed by atoms with Gasteiger partial charge in [0.25, 0.3) is 0 Å². The van der Waals surface area contributed by atoms with Crippen LogP contribution in [0.1, 0.15) is 43.8 Å². The number of aliphatic hydroxyl groups is 2. The summed E-state index contributed by atoms with van der Waals surface area (Å²) in [7, 11) is 0. The molecule has 0 heterocycles. The van der Waals surface area contributed by atoms with Crippen LogP contribution in [0.3, 0.4) is 0 Å². The van der Waals surface area contributed by atoms with Gasteiger partial charge in [-0.05, 0) is 43.4 Å². The van der Waals surface area contributed by atoms with Gasteiger partial charge < -0.3 is 15.1 Å². The highest BCUT2D eigenvalue weighted by Gasteiger charge is 2.24. The van der Waals surface area contributed by atoms with Gasteiger partial charge in [0.15, 0.2) is 0 Å². The number of nitrogens with zero attached hydrogens (tertiary/aromatic N) is 1. The molecule has 3 nitrogen and oxygen atoms in total. The molecule has 4 heteroatoms. The van der Waals surface area contributed by atoms with Crippen molar-refractivity contribution in [2.45, 2.75) is 44.2 Å². The van der Waals surface area contributed by atoms with E-state index in [0.29, 0.717) is 6.04 Å². The molecule has 112 valence electrons. The molecular formula is C16H24BrNO2. The third kappa shape index (κ3) is 4.55. The normalized spacial score (nSPS) is 17.2. The Morgan fingerprint density at radius 2 is 1.90 bits per heavy atom. The first-order valence-electron chi connectivity index (χ1n) is 7.49. The van der Waals surface area contributed by atoms with Crippen molar-refractivity contribution in [2.75, 3.05) is 19.7 Å². The average molecular weight is 342 g/mol. The van der Waals surface area contributed by atoms with Gasteiger partial charge in [0.2, 0.25) is 0 Å². The number of rotatable bonds is 8. The van der Waals surface area contributed by atoms with Crippen LogP contribution in [0.2, 0.25) is 0 Å². The molecule has 0 aromatic heterocycles. The van der Waals surface area contributed by atoms with Crippen molar-refractivity contribution in [1.29, 1.82) is 0 Å². The van der Waals surface area contributed by atoms with Gasteiger partial charge in [0, 0.05) is 30.2 Å². The van der Waals surface area contributed by atoms with E-state index < -0.39 is 6.10 Å². The van der Waals surface area contributed by atoms with Crippen LogP contribution in [0.4, 0.5) is 0 Å². The van der Waals surface area contributed by atoms with Crippen molar-refractivity contribution in [3.8, 4) is 0 Å². The van der Waals surface area contributed by atoms with Crippen molar-refractivity contribution in [1.82, 2.24) is 4.90 Å². The first-order valence-corrected chi connectivity index (χ1v) is 8.28. The minimum Gasteiger partial charge on any atom is -0.396 e. The molecule has 0 saturated heterocycles. The SMILES string of the molecule is OCCCN(CCC(O)c1ccc(Br)cc1)C1CCC1. The molecule has 2 N–H and O–H groups in total. The molecule has 1 unspecified atom stereocenters. The zero-order valence-electron chi connectivity index (χ0n) is 11.8. The van der Waals surface area contributed by atoms with Crippen LogP contribution in [0.5, 0.6) is 0 Å². The van der Waals surface area contributed by atoms with E-state index >= 15 is 0 Å². The van der Waals surface area contributed by atoms with Crippen molar-refractivity contribution in [3.05, 3.63) is 34.3 Å². The molecule has 1 aromatic rings. The van der Waals surface area contributed by atoms with Crippen molar-refractivity contribution >= 4 is 15.9 Å². The summed E-state index contributed by atoms with van der Waals surface area (Å²) in [4.78, 5) is 2.43. The molecule has 1 fully saturated rings. The predicted molar refractivity (Wildman–Crippen MR) is 84.6 cm³/mol. The maximum atomic E-state index is 10.3. The Bertz CT molecular complexity index is 392. The Labute approximate surface area is 129 Å². The Kier molecular flexibility index (Phi) is 6.49. The monoisotopic (exact) mass is 341 g/mol. The Morgan fingerprint density at radius 3 is 2.45 bits per heavy atom. The first-order chi connectivity index (χ1) is 9.70. The molecular weight excluding hydrogens is 318 g/mol. The second-order valence-electron chi connectivity index (χ2n) is 5.55. The summed E-state index contributed by atoms with van der Waals surface area (Å²) in [5, 5.41) is 19.3. The molecule has 0 bridgehead atoms. The van der Waals surface area contributed by atoms with Crippen molar-refractivity contribution in [3.63, 3.8) is 0 Å². The smallest absolute Gasteiger partial charge is 0.0802 e. The van der Waals surface area contributed by atoms with Crippen LogP contribution in [-0.2, 0) is 0 Å². The minimum absolute atomic E-state index is 0.248. The summed E-state index contributed by atoms with van der Waals surface area (Å²) < 4.78 is 1.03. The van der Waals surface area contributed by atoms with Crippen molar-refractivity contribution < 1.29 is 10.2 Å². The number of benzene rings is 1. The summed E-state index contributed by atoms with van der Waals surface area (Å²) in [6.45, 7) is 2.09. The molecule has 0 radical (unpaired) electrons. The van der Waals surface area contributed by atoms with Gasteiger partial charge in [-0.25, -0.2) is 0 Å². The summed E-state index contributed by atoms with van der Waals surface area (Å²) in [5.74, 6) is 0. The van der Waals surface area contributed by atoms with Crippen molar-refractivity contribution in [2.24, 2.45) is 0 Å². The van der Waals surface area contributed by atoms with Crippen LogP contribution in [0.25, 0.3) is 0 Å². The maximum absolute atomic E-state index is 10.3. The van der Waals surface area contributed by atoms with Gasteiger partial charge in [0.05, 0.1) is 6.10 Å². The fourth-order valence-electron chi connectivity index (χ4n) is 2.64. The van der Waals surface area contributed by atoms with E-state index in [4.69, 9.17) is 5.11 Å². The van der Waals surface area contributed by atoms with Gasteiger partial charge in [-0.2, -0.15) is 0 Å². The summed E-state index contributed by atoms with van der Waals surface area (Å²) >= 11 is 3.41. The number of hydrogen-bond acceptors (Lipinski definition) is 3. The largest absolute Gasteiger partial charge is 0.396 e. The maximum Gasteiger partial charge on any atom is 0.0802 e. The summed E-state index contributed by atoms with van der Waals surface area (Å²) in [6, 6.07) is 8.53. The second-order valence-corrected chi connectivity index (χ2v) is 6.47. The molecule has 0 amide bonds. The standard InChI is InChI=1S/C16H24BrNO2/c17-14-7-5-13(6-8-14)16(20)9-11-18(10-2-12-19)15-3-1-4-15/h5-8,15-16,19-20H,1-4,9-12H2. The molecule has 1 aliphatic carbocycles. The minimum atomic E-state index is -0.403. The quantitative estimate of drug-likeness (QED) is 0.763. The van der Waals surface area contributed by atoms with E-state index in [9.17, 15) is 5.11 Å². The number of hydrogen-bond donors (Lipinski definition) is 2. The molecule has 1 aliphatic rings. The predicted octanol–water partition coefficient (Wildman–Crippen LogP) is 3.11. The average Bonchev–Trinajstić information content (AvgIpc) is 2.40. The van der Waals surface area contributed by atoms with Gasteiger partial charge in [-0.1, -0.05) is 34.5 Å². The fraction of sp³-hybridized carbons (Fsp3) is 0.625. The Balaban J connectivity index is 1.82. The lowest BCUT2D eigenvalue weighted by Gasteiger charge is -2.38. The molecule has 1 saturated carbocycles. The van der Waals surface area contributed by atoms with Crippen LogP contribution < -0.4 is 0 Å². The lowest BCUT2D eigenvalue weighted by molar-refractivity contribution is 0.0864. The molecule has 20 heavy (non-hydrogen) atoms. The molecule has 2 rings (SSSR count). The van der Waals surface area contributed by atoms with E-state index in [2.05, 4.69) is 20.8 Å². The Morgan fingerprint density at radius 1 is 1.20 bits per heavy atom. The van der Waals surface area contributed by atoms with E-state index in [-0.39, 0.29) is 6.61 Å². The van der Waals surface area contributed by atoms with Gasteiger partial charge in [-0.3, -0.25) is 0 Å². The van der Waals surface area contributed by atoms with E-state index in [1.807, 2.05) is 24.3 Å². The number of halogens is 1. The van der Waals surface area contributed by atoms with Gasteiger partial charge >= 0.3 is 0 Å². The van der Waals surface area contributed by atoms with E-state index in [1.165, 1.54) is 19.3 Å². The third-order valence-corrected chi connectivity index (χ3v) is 4.67.